The highest BCUT2D eigenvalue weighted by Crippen LogP contribution is 2.12. The van der Waals surface area contributed by atoms with Crippen LogP contribution in [0.4, 0.5) is 0 Å². The normalized spacial score (nSPS) is 13.4. The van der Waals surface area contributed by atoms with E-state index in [-0.39, 0.29) is 19.8 Å². The Hall–Kier alpha value is -0.980. The Morgan fingerprint density at radius 3 is 2.50 bits per heavy atom. The molecule has 0 aliphatic carbocycles. The van der Waals surface area contributed by atoms with Gasteiger partial charge in [-0.15, -0.1) is 5.10 Å². The maximum absolute atomic E-state index is 9.35. The molecule has 6 nitrogen and oxygen atoms in total. The van der Waals surface area contributed by atoms with Gasteiger partial charge < -0.3 is 15.3 Å². The molecule has 1 atom stereocenters. The second kappa shape index (κ2) is 5.93. The van der Waals surface area contributed by atoms with E-state index in [1.54, 1.807) is 4.68 Å². The number of hydrogen-bond acceptors (Lipinski definition) is 5. The van der Waals surface area contributed by atoms with Gasteiger partial charge in [-0.1, -0.05) is 19.1 Å². The van der Waals surface area contributed by atoms with Gasteiger partial charge in [-0.05, 0) is 12.3 Å². The standard InChI is InChI=1S/C10H19N3O3/c1-7(2)3-10-9(6-15)11-12-13(10)4-8(16)5-14/h7-8,14-16H,3-6H2,1-2H3. The molecule has 0 radical (unpaired) electrons. The molecule has 0 aromatic carbocycles. The third kappa shape index (κ3) is 3.26. The van der Waals surface area contributed by atoms with Crippen molar-refractivity contribution in [2.24, 2.45) is 5.92 Å². The van der Waals surface area contributed by atoms with E-state index in [1.807, 2.05) is 0 Å². The van der Waals surface area contributed by atoms with Crippen LogP contribution in [0.3, 0.4) is 0 Å². The Balaban J connectivity index is 2.86. The number of aliphatic hydroxyl groups excluding tert-OH is 3. The molecular weight excluding hydrogens is 210 g/mol. The maximum Gasteiger partial charge on any atom is 0.111 e. The Morgan fingerprint density at radius 1 is 1.31 bits per heavy atom. The average Bonchev–Trinajstić information content (AvgIpc) is 2.60. The summed E-state index contributed by atoms with van der Waals surface area (Å²) < 4.78 is 1.55. The van der Waals surface area contributed by atoms with Crippen LogP contribution in [0.25, 0.3) is 0 Å². The van der Waals surface area contributed by atoms with Gasteiger partial charge in [0.05, 0.1) is 31.6 Å². The van der Waals surface area contributed by atoms with Crippen molar-refractivity contribution in [1.29, 1.82) is 0 Å². The Labute approximate surface area is 94.5 Å². The molecule has 1 unspecified atom stereocenters. The van der Waals surface area contributed by atoms with E-state index in [2.05, 4.69) is 24.2 Å². The summed E-state index contributed by atoms with van der Waals surface area (Å²) in [5, 5.41) is 34.9. The van der Waals surface area contributed by atoms with Crippen LogP contribution in [0.1, 0.15) is 25.2 Å². The summed E-state index contributed by atoms with van der Waals surface area (Å²) in [6, 6.07) is 0. The van der Waals surface area contributed by atoms with E-state index in [9.17, 15) is 5.11 Å². The number of aliphatic hydroxyl groups is 3. The smallest absolute Gasteiger partial charge is 0.111 e. The zero-order valence-corrected chi connectivity index (χ0v) is 9.67. The zero-order valence-electron chi connectivity index (χ0n) is 9.67. The van der Waals surface area contributed by atoms with Gasteiger partial charge in [-0.2, -0.15) is 0 Å². The molecule has 16 heavy (non-hydrogen) atoms. The molecule has 0 fully saturated rings. The van der Waals surface area contributed by atoms with Gasteiger partial charge >= 0.3 is 0 Å². The Morgan fingerprint density at radius 2 is 2.00 bits per heavy atom. The van der Waals surface area contributed by atoms with Gasteiger partial charge in [0, 0.05) is 0 Å². The molecule has 0 spiro atoms. The summed E-state index contributed by atoms with van der Waals surface area (Å²) in [4.78, 5) is 0. The quantitative estimate of drug-likeness (QED) is 0.601. The van der Waals surface area contributed by atoms with Crippen LogP contribution in [0.2, 0.25) is 0 Å². The molecule has 3 N–H and O–H groups in total. The van der Waals surface area contributed by atoms with Crippen molar-refractivity contribution in [2.45, 2.75) is 39.5 Å². The first-order chi connectivity index (χ1) is 7.58. The second-order valence-electron chi connectivity index (χ2n) is 4.26. The Kier molecular flexibility index (Phi) is 4.85. The summed E-state index contributed by atoms with van der Waals surface area (Å²) >= 11 is 0. The van der Waals surface area contributed by atoms with Crippen LogP contribution in [-0.2, 0) is 19.6 Å². The SMILES string of the molecule is CC(C)Cc1c(CO)nnn1CC(O)CO. The third-order valence-corrected chi connectivity index (χ3v) is 2.26. The maximum atomic E-state index is 9.35. The van der Waals surface area contributed by atoms with E-state index in [4.69, 9.17) is 10.2 Å². The number of hydrogen-bond donors (Lipinski definition) is 3. The second-order valence-corrected chi connectivity index (χ2v) is 4.26. The fourth-order valence-electron chi connectivity index (χ4n) is 1.51. The lowest BCUT2D eigenvalue weighted by molar-refractivity contribution is 0.0769. The molecule has 0 aliphatic heterocycles. The fourth-order valence-corrected chi connectivity index (χ4v) is 1.51. The van der Waals surface area contributed by atoms with Gasteiger partial charge in [0.2, 0.25) is 0 Å². The van der Waals surface area contributed by atoms with Crippen molar-refractivity contribution in [3.05, 3.63) is 11.4 Å². The number of nitrogens with zero attached hydrogens (tertiary/aromatic N) is 3. The molecule has 0 aliphatic rings. The molecule has 0 amide bonds. The molecule has 0 bridgehead atoms. The highest BCUT2D eigenvalue weighted by Gasteiger charge is 2.15. The van der Waals surface area contributed by atoms with Crippen LogP contribution in [0.15, 0.2) is 0 Å². The van der Waals surface area contributed by atoms with Crippen molar-refractivity contribution in [3.63, 3.8) is 0 Å². The van der Waals surface area contributed by atoms with Gasteiger partial charge in [0.15, 0.2) is 0 Å². The number of rotatable bonds is 6. The highest BCUT2D eigenvalue weighted by atomic mass is 16.3. The summed E-state index contributed by atoms with van der Waals surface area (Å²) in [5.41, 5.74) is 1.36. The van der Waals surface area contributed by atoms with E-state index < -0.39 is 6.10 Å². The van der Waals surface area contributed by atoms with Crippen LogP contribution < -0.4 is 0 Å². The first-order valence-electron chi connectivity index (χ1n) is 5.39. The summed E-state index contributed by atoms with van der Waals surface area (Å²) in [7, 11) is 0. The summed E-state index contributed by atoms with van der Waals surface area (Å²) in [6.45, 7) is 3.85. The van der Waals surface area contributed by atoms with Gasteiger partial charge in [0.1, 0.15) is 5.69 Å². The van der Waals surface area contributed by atoms with Crippen molar-refractivity contribution in [3.8, 4) is 0 Å². The topological polar surface area (TPSA) is 91.4 Å². The molecular formula is C10H19N3O3. The summed E-state index contributed by atoms with van der Waals surface area (Å²) in [6.07, 6.45) is -0.111. The van der Waals surface area contributed by atoms with Gasteiger partial charge in [-0.3, -0.25) is 0 Å². The minimum absolute atomic E-state index is 0.155. The van der Waals surface area contributed by atoms with Crippen LogP contribution in [-0.4, -0.2) is 43.0 Å². The lowest BCUT2D eigenvalue weighted by Gasteiger charge is -2.12. The molecule has 1 aromatic rings. The summed E-state index contributed by atoms with van der Waals surface area (Å²) in [5.74, 6) is 0.411. The monoisotopic (exact) mass is 229 g/mol. The molecule has 1 rings (SSSR count). The van der Waals surface area contributed by atoms with E-state index in [1.165, 1.54) is 0 Å². The largest absolute Gasteiger partial charge is 0.394 e. The molecule has 6 heteroatoms. The highest BCUT2D eigenvalue weighted by molar-refractivity contribution is 5.10. The average molecular weight is 229 g/mol. The molecule has 1 aromatic heterocycles. The molecule has 1 heterocycles. The van der Waals surface area contributed by atoms with E-state index in [0.29, 0.717) is 11.6 Å². The molecule has 0 saturated carbocycles. The lowest BCUT2D eigenvalue weighted by Crippen LogP contribution is -2.22. The lowest BCUT2D eigenvalue weighted by atomic mass is 10.1. The predicted octanol–water partition coefficient (Wildman–Crippen LogP) is -0.678. The van der Waals surface area contributed by atoms with Gasteiger partial charge in [0.25, 0.3) is 0 Å². The van der Waals surface area contributed by atoms with E-state index >= 15 is 0 Å². The fraction of sp³-hybridized carbons (Fsp3) is 0.800. The van der Waals surface area contributed by atoms with E-state index in [0.717, 1.165) is 12.1 Å². The van der Waals surface area contributed by atoms with Gasteiger partial charge in [-0.25, -0.2) is 4.68 Å². The minimum Gasteiger partial charge on any atom is -0.394 e. The predicted molar refractivity (Wildman–Crippen MR) is 57.6 cm³/mol. The van der Waals surface area contributed by atoms with Crippen molar-refractivity contribution in [2.75, 3.05) is 6.61 Å². The number of aromatic nitrogens is 3. The minimum atomic E-state index is -0.848. The van der Waals surface area contributed by atoms with Crippen molar-refractivity contribution >= 4 is 0 Å². The first-order valence-corrected chi connectivity index (χ1v) is 5.39. The zero-order chi connectivity index (χ0) is 12.1. The van der Waals surface area contributed by atoms with Crippen LogP contribution >= 0.6 is 0 Å². The molecule has 92 valence electrons. The van der Waals surface area contributed by atoms with Crippen LogP contribution in [0.5, 0.6) is 0 Å². The Bertz CT molecular complexity index is 325. The first kappa shape index (κ1) is 13.1. The molecule has 0 saturated heterocycles. The third-order valence-electron chi connectivity index (χ3n) is 2.26. The van der Waals surface area contributed by atoms with Crippen molar-refractivity contribution < 1.29 is 15.3 Å². The van der Waals surface area contributed by atoms with Crippen molar-refractivity contribution in [1.82, 2.24) is 15.0 Å². The van der Waals surface area contributed by atoms with Crippen LogP contribution in [0, 0.1) is 5.92 Å².